The third-order valence-corrected chi connectivity index (χ3v) is 4.64. The molecule has 20 heavy (non-hydrogen) atoms. The fraction of sp³-hybridized carbons (Fsp3) is 0.692. The second-order valence-electron chi connectivity index (χ2n) is 4.57. The van der Waals surface area contributed by atoms with E-state index in [-0.39, 0.29) is 28.9 Å². The van der Waals surface area contributed by atoms with Crippen molar-refractivity contribution in [3.05, 3.63) is 11.8 Å². The molecule has 0 spiro atoms. The maximum absolute atomic E-state index is 12.0. The van der Waals surface area contributed by atoms with Crippen LogP contribution in [0.3, 0.4) is 0 Å². The fourth-order valence-corrected chi connectivity index (χ4v) is 3.20. The third kappa shape index (κ3) is 3.90. The van der Waals surface area contributed by atoms with Crippen LogP contribution in [0.4, 0.5) is 0 Å². The number of ether oxygens (including phenoxy) is 1. The molecular weight excluding hydrogens is 300 g/mol. The largest absolute Gasteiger partial charge is 0.460 e. The van der Waals surface area contributed by atoms with Crippen LogP contribution in [0.1, 0.15) is 20.3 Å². The molecule has 0 aromatic carbocycles. The Balaban J connectivity index is 0.00000200. The lowest BCUT2D eigenvalue weighted by molar-refractivity contribution is -0.142. The molecule has 1 unspecified atom stereocenters. The molecule has 1 saturated heterocycles. The van der Waals surface area contributed by atoms with Gasteiger partial charge in [0.15, 0.2) is 0 Å². The van der Waals surface area contributed by atoms with E-state index in [1.54, 1.807) is 0 Å². The van der Waals surface area contributed by atoms with Crippen LogP contribution in [0.15, 0.2) is 11.8 Å². The molecule has 0 aromatic heterocycles. The summed E-state index contributed by atoms with van der Waals surface area (Å²) in [7, 11) is 0. The molecular formula is C13H21ClN2O3S. The number of rotatable bonds is 6. The van der Waals surface area contributed by atoms with Crippen LogP contribution in [-0.2, 0) is 14.3 Å². The molecule has 0 aliphatic carbocycles. The Kier molecular flexibility index (Phi) is 6.85. The second-order valence-corrected chi connectivity index (χ2v) is 5.75. The Labute approximate surface area is 130 Å². The van der Waals surface area contributed by atoms with E-state index in [0.29, 0.717) is 12.3 Å². The molecule has 0 N–H and O–H groups in total. The van der Waals surface area contributed by atoms with Crippen molar-refractivity contribution in [2.75, 3.05) is 32.8 Å². The van der Waals surface area contributed by atoms with Crippen molar-refractivity contribution in [2.24, 2.45) is 0 Å². The first-order valence-electron chi connectivity index (χ1n) is 6.74. The van der Waals surface area contributed by atoms with E-state index in [4.69, 9.17) is 4.74 Å². The van der Waals surface area contributed by atoms with Gasteiger partial charge in [0.2, 0.25) is 5.12 Å². The quantitative estimate of drug-likeness (QED) is 0.691. The van der Waals surface area contributed by atoms with Gasteiger partial charge in [-0.1, -0.05) is 25.6 Å². The second kappa shape index (κ2) is 7.90. The van der Waals surface area contributed by atoms with Gasteiger partial charge in [-0.2, -0.15) is 0 Å². The van der Waals surface area contributed by atoms with E-state index in [9.17, 15) is 9.59 Å². The zero-order valence-corrected chi connectivity index (χ0v) is 13.5. The maximum atomic E-state index is 12.0. The number of likely N-dealkylation sites (N-methyl/N-ethyl adjacent to an activating group) is 1. The first-order chi connectivity index (χ1) is 9.15. The van der Waals surface area contributed by atoms with Gasteiger partial charge >= 0.3 is 5.97 Å². The van der Waals surface area contributed by atoms with Crippen LogP contribution in [0.2, 0.25) is 0 Å². The minimum atomic E-state index is -0.370. The van der Waals surface area contributed by atoms with Gasteiger partial charge in [-0.3, -0.25) is 4.79 Å². The number of halogens is 1. The molecule has 5 nitrogen and oxygen atoms in total. The van der Waals surface area contributed by atoms with Crippen LogP contribution >= 0.6 is 24.2 Å². The zero-order chi connectivity index (χ0) is 13.8. The SMILES string of the molecule is CCN(CC)CCOC(=O)C1=CC(=O)SC2CCN12.Cl. The first kappa shape index (κ1) is 17.3. The van der Waals surface area contributed by atoms with Gasteiger partial charge in [0, 0.05) is 19.2 Å². The molecule has 1 atom stereocenters. The van der Waals surface area contributed by atoms with E-state index < -0.39 is 0 Å². The first-order valence-corrected chi connectivity index (χ1v) is 7.62. The lowest BCUT2D eigenvalue weighted by atomic mass is 10.2. The minimum absolute atomic E-state index is 0. The van der Waals surface area contributed by atoms with Gasteiger partial charge < -0.3 is 14.5 Å². The van der Waals surface area contributed by atoms with E-state index in [2.05, 4.69) is 18.7 Å². The molecule has 0 amide bonds. The third-order valence-electron chi connectivity index (χ3n) is 3.53. The van der Waals surface area contributed by atoms with E-state index in [0.717, 1.165) is 32.6 Å². The fourth-order valence-electron chi connectivity index (χ4n) is 2.18. The standard InChI is InChI=1S/C13H20N2O3S.ClH/c1-3-14(4-2)7-8-18-13(17)10-9-12(16)19-11-5-6-15(10)11;/h9,11H,3-8H2,1-2H3;1H. The summed E-state index contributed by atoms with van der Waals surface area (Å²) in [5, 5.41) is 0.0967. The molecule has 1 fully saturated rings. The normalized spacial score (nSPS) is 20.8. The van der Waals surface area contributed by atoms with Crippen LogP contribution in [0.25, 0.3) is 0 Å². The summed E-state index contributed by atoms with van der Waals surface area (Å²) in [6, 6.07) is 0. The predicted molar refractivity (Wildman–Crippen MR) is 81.8 cm³/mol. The number of fused-ring (bicyclic) bond motifs is 1. The van der Waals surface area contributed by atoms with Gasteiger partial charge in [0.25, 0.3) is 0 Å². The topological polar surface area (TPSA) is 49.9 Å². The molecule has 2 heterocycles. The maximum Gasteiger partial charge on any atom is 0.354 e. The molecule has 114 valence electrons. The van der Waals surface area contributed by atoms with Crippen molar-refractivity contribution in [3.63, 3.8) is 0 Å². The van der Waals surface area contributed by atoms with Gasteiger partial charge in [0.05, 0.1) is 5.37 Å². The van der Waals surface area contributed by atoms with Crippen LogP contribution in [0, 0.1) is 0 Å². The number of hydrogen-bond acceptors (Lipinski definition) is 6. The number of nitrogens with zero attached hydrogens (tertiary/aromatic N) is 2. The Bertz CT molecular complexity index is 399. The van der Waals surface area contributed by atoms with Gasteiger partial charge in [-0.25, -0.2) is 4.79 Å². The molecule has 0 saturated carbocycles. The predicted octanol–water partition coefficient (Wildman–Crippen LogP) is 1.48. The van der Waals surface area contributed by atoms with Gasteiger partial charge in [-0.05, 0) is 19.5 Å². The van der Waals surface area contributed by atoms with Crippen LogP contribution in [0.5, 0.6) is 0 Å². The number of carbonyl (C=O) groups excluding carboxylic acids is 2. The number of hydrogen-bond donors (Lipinski definition) is 0. The summed E-state index contributed by atoms with van der Waals surface area (Å²) in [4.78, 5) is 27.6. The average molecular weight is 321 g/mol. The Morgan fingerprint density at radius 3 is 2.75 bits per heavy atom. The van der Waals surface area contributed by atoms with Crippen molar-refractivity contribution in [1.82, 2.24) is 9.80 Å². The summed E-state index contributed by atoms with van der Waals surface area (Å²) in [6.07, 6.45) is 2.36. The molecule has 0 radical (unpaired) electrons. The van der Waals surface area contributed by atoms with Crippen molar-refractivity contribution in [3.8, 4) is 0 Å². The molecule has 0 aromatic rings. The molecule has 2 aliphatic rings. The van der Waals surface area contributed by atoms with Crippen LogP contribution in [-0.4, -0.2) is 59.0 Å². The lowest BCUT2D eigenvalue weighted by Gasteiger charge is -2.44. The number of esters is 1. The van der Waals surface area contributed by atoms with E-state index in [1.165, 1.54) is 17.8 Å². The summed E-state index contributed by atoms with van der Waals surface area (Å²) in [5.41, 5.74) is 0.430. The Morgan fingerprint density at radius 2 is 2.20 bits per heavy atom. The summed E-state index contributed by atoms with van der Waals surface area (Å²) in [5.74, 6) is -0.370. The average Bonchev–Trinajstić information content (AvgIpc) is 2.37. The van der Waals surface area contributed by atoms with Crippen molar-refractivity contribution >= 4 is 35.3 Å². The highest BCUT2D eigenvalue weighted by atomic mass is 35.5. The summed E-state index contributed by atoms with van der Waals surface area (Å²) < 4.78 is 5.26. The highest BCUT2D eigenvalue weighted by Gasteiger charge is 2.38. The summed E-state index contributed by atoms with van der Waals surface area (Å²) in [6.45, 7) is 7.99. The monoisotopic (exact) mass is 320 g/mol. The van der Waals surface area contributed by atoms with Crippen molar-refractivity contribution in [1.29, 1.82) is 0 Å². The number of thioether (sulfide) groups is 1. The lowest BCUT2D eigenvalue weighted by Crippen LogP contribution is -2.49. The summed E-state index contributed by atoms with van der Waals surface area (Å²) >= 11 is 1.29. The number of carbonyl (C=O) groups is 2. The Morgan fingerprint density at radius 1 is 1.50 bits per heavy atom. The zero-order valence-electron chi connectivity index (χ0n) is 11.8. The highest BCUT2D eigenvalue weighted by molar-refractivity contribution is 8.14. The molecule has 7 heteroatoms. The molecule has 2 aliphatic heterocycles. The van der Waals surface area contributed by atoms with Gasteiger partial charge in [0.1, 0.15) is 12.3 Å². The minimum Gasteiger partial charge on any atom is -0.460 e. The van der Waals surface area contributed by atoms with Crippen molar-refractivity contribution in [2.45, 2.75) is 25.6 Å². The Hall–Kier alpha value is -0.720. The van der Waals surface area contributed by atoms with Crippen molar-refractivity contribution < 1.29 is 14.3 Å². The van der Waals surface area contributed by atoms with Crippen LogP contribution < -0.4 is 0 Å². The highest BCUT2D eigenvalue weighted by Crippen LogP contribution is 2.36. The molecule has 0 bridgehead atoms. The van der Waals surface area contributed by atoms with Gasteiger partial charge in [-0.15, -0.1) is 12.4 Å². The smallest absolute Gasteiger partial charge is 0.354 e. The van der Waals surface area contributed by atoms with E-state index >= 15 is 0 Å². The molecule has 2 rings (SSSR count). The van der Waals surface area contributed by atoms with E-state index in [1.807, 2.05) is 4.90 Å².